The number of nitrogens with zero attached hydrogens (tertiary/aromatic N) is 6. The van der Waals surface area contributed by atoms with E-state index < -0.39 is 0 Å². The standard InChI is InChI=1S/C10H16N8/c11-8-1-3-17(4-2-8)10-14-9(15-16-10)5-18-7-12-6-13-18/h6-8H,1-5,11H2,(H,14,15,16). The molecule has 1 aliphatic rings. The lowest BCUT2D eigenvalue weighted by molar-refractivity contribution is 0.496. The zero-order valence-corrected chi connectivity index (χ0v) is 10.0. The molecule has 8 heteroatoms. The Morgan fingerprint density at radius 2 is 2.22 bits per heavy atom. The normalized spacial score (nSPS) is 17.3. The summed E-state index contributed by atoms with van der Waals surface area (Å²) in [4.78, 5) is 10.5. The van der Waals surface area contributed by atoms with Gasteiger partial charge in [-0.15, -0.1) is 5.10 Å². The van der Waals surface area contributed by atoms with Crippen LogP contribution in [0.2, 0.25) is 0 Å². The molecule has 8 nitrogen and oxygen atoms in total. The first kappa shape index (κ1) is 11.1. The van der Waals surface area contributed by atoms with Crippen molar-refractivity contribution >= 4 is 5.95 Å². The van der Waals surface area contributed by atoms with Crippen LogP contribution in [-0.2, 0) is 6.54 Å². The Morgan fingerprint density at radius 3 is 2.94 bits per heavy atom. The number of hydrogen-bond donors (Lipinski definition) is 2. The molecule has 18 heavy (non-hydrogen) atoms. The van der Waals surface area contributed by atoms with E-state index in [1.165, 1.54) is 6.33 Å². The number of hydrogen-bond acceptors (Lipinski definition) is 6. The smallest absolute Gasteiger partial charge is 0.244 e. The summed E-state index contributed by atoms with van der Waals surface area (Å²) in [5, 5.41) is 11.2. The van der Waals surface area contributed by atoms with Crippen molar-refractivity contribution in [3.05, 3.63) is 18.5 Å². The first-order valence-corrected chi connectivity index (χ1v) is 6.05. The fourth-order valence-corrected chi connectivity index (χ4v) is 2.06. The molecule has 96 valence electrons. The largest absolute Gasteiger partial charge is 0.339 e. The van der Waals surface area contributed by atoms with Crippen molar-refractivity contribution in [2.24, 2.45) is 5.73 Å². The van der Waals surface area contributed by atoms with Gasteiger partial charge in [0.1, 0.15) is 25.0 Å². The Kier molecular flexibility index (Phi) is 2.93. The molecule has 0 saturated carbocycles. The molecule has 3 heterocycles. The molecule has 0 aliphatic carbocycles. The van der Waals surface area contributed by atoms with Gasteiger partial charge < -0.3 is 10.6 Å². The zero-order valence-electron chi connectivity index (χ0n) is 10.0. The molecule has 0 radical (unpaired) electrons. The van der Waals surface area contributed by atoms with Gasteiger partial charge >= 0.3 is 0 Å². The summed E-state index contributed by atoms with van der Waals surface area (Å²) >= 11 is 0. The number of piperidine rings is 1. The second kappa shape index (κ2) is 4.73. The molecule has 3 N–H and O–H groups in total. The molecular weight excluding hydrogens is 232 g/mol. The SMILES string of the molecule is NC1CCN(c2n[nH]c(Cn3cncn3)n2)CC1. The van der Waals surface area contributed by atoms with Gasteiger partial charge in [0, 0.05) is 19.1 Å². The fourth-order valence-electron chi connectivity index (χ4n) is 2.06. The molecule has 2 aromatic rings. The summed E-state index contributed by atoms with van der Waals surface area (Å²) in [5.41, 5.74) is 5.88. The van der Waals surface area contributed by atoms with Crippen molar-refractivity contribution in [1.82, 2.24) is 29.9 Å². The summed E-state index contributed by atoms with van der Waals surface area (Å²) < 4.78 is 1.70. The summed E-state index contributed by atoms with van der Waals surface area (Å²) in [5.74, 6) is 1.53. The topological polar surface area (TPSA) is 102 Å². The van der Waals surface area contributed by atoms with Crippen LogP contribution < -0.4 is 10.6 Å². The lowest BCUT2D eigenvalue weighted by Crippen LogP contribution is -2.40. The third-order valence-corrected chi connectivity index (χ3v) is 3.12. The van der Waals surface area contributed by atoms with Crippen molar-refractivity contribution in [3.63, 3.8) is 0 Å². The Balaban J connectivity index is 1.66. The van der Waals surface area contributed by atoms with Gasteiger partial charge in [-0.25, -0.2) is 9.67 Å². The fraction of sp³-hybridized carbons (Fsp3) is 0.600. The number of aromatic amines is 1. The molecule has 0 aromatic carbocycles. The molecule has 1 saturated heterocycles. The van der Waals surface area contributed by atoms with E-state index in [2.05, 4.69) is 30.2 Å². The van der Waals surface area contributed by atoms with Gasteiger partial charge in [-0.1, -0.05) is 0 Å². The molecule has 0 spiro atoms. The van der Waals surface area contributed by atoms with E-state index in [-0.39, 0.29) is 0 Å². The summed E-state index contributed by atoms with van der Waals surface area (Å²) in [6.07, 6.45) is 5.14. The highest BCUT2D eigenvalue weighted by molar-refractivity contribution is 5.29. The first-order valence-electron chi connectivity index (χ1n) is 6.05. The van der Waals surface area contributed by atoms with Gasteiger partial charge in [-0.3, -0.25) is 5.10 Å². The second-order valence-corrected chi connectivity index (χ2v) is 4.50. The Hall–Kier alpha value is -1.96. The van der Waals surface area contributed by atoms with Crippen LogP contribution in [0.1, 0.15) is 18.7 Å². The lowest BCUT2D eigenvalue weighted by atomic mass is 10.1. The lowest BCUT2D eigenvalue weighted by Gasteiger charge is -2.28. The predicted molar refractivity (Wildman–Crippen MR) is 64.9 cm³/mol. The van der Waals surface area contributed by atoms with Crippen LogP contribution in [0.15, 0.2) is 12.7 Å². The molecule has 0 unspecified atom stereocenters. The van der Waals surface area contributed by atoms with Crippen LogP contribution in [0.5, 0.6) is 0 Å². The average molecular weight is 248 g/mol. The highest BCUT2D eigenvalue weighted by Gasteiger charge is 2.19. The van der Waals surface area contributed by atoms with Gasteiger partial charge in [-0.05, 0) is 12.8 Å². The molecule has 0 amide bonds. The number of H-pyrrole nitrogens is 1. The minimum Gasteiger partial charge on any atom is -0.339 e. The van der Waals surface area contributed by atoms with Gasteiger partial charge in [0.15, 0.2) is 0 Å². The maximum Gasteiger partial charge on any atom is 0.244 e. The monoisotopic (exact) mass is 248 g/mol. The minimum atomic E-state index is 0.315. The van der Waals surface area contributed by atoms with Crippen LogP contribution in [0.4, 0.5) is 5.95 Å². The number of rotatable bonds is 3. The van der Waals surface area contributed by atoms with Gasteiger partial charge in [0.2, 0.25) is 5.95 Å². The third-order valence-electron chi connectivity index (χ3n) is 3.12. The van der Waals surface area contributed by atoms with Gasteiger partial charge in [0.05, 0.1) is 0 Å². The first-order chi connectivity index (χ1) is 8.81. The highest BCUT2D eigenvalue weighted by Crippen LogP contribution is 2.14. The summed E-state index contributed by atoms with van der Waals surface area (Å²) in [6.45, 7) is 2.39. The van der Waals surface area contributed by atoms with Crippen LogP contribution >= 0.6 is 0 Å². The van der Waals surface area contributed by atoms with Gasteiger partial charge in [-0.2, -0.15) is 10.1 Å². The Morgan fingerprint density at radius 1 is 1.39 bits per heavy atom. The minimum absolute atomic E-state index is 0.315. The number of aromatic nitrogens is 6. The quantitative estimate of drug-likeness (QED) is 0.750. The zero-order chi connectivity index (χ0) is 12.4. The summed E-state index contributed by atoms with van der Waals surface area (Å²) in [6, 6.07) is 0.315. The van der Waals surface area contributed by atoms with Crippen LogP contribution in [-0.4, -0.2) is 49.1 Å². The molecule has 2 aromatic heterocycles. The van der Waals surface area contributed by atoms with E-state index in [0.717, 1.165) is 37.7 Å². The maximum absolute atomic E-state index is 5.88. The van der Waals surface area contributed by atoms with E-state index in [9.17, 15) is 0 Å². The molecule has 1 aliphatic heterocycles. The molecule has 1 fully saturated rings. The van der Waals surface area contributed by atoms with E-state index in [4.69, 9.17) is 5.73 Å². The van der Waals surface area contributed by atoms with Crippen molar-refractivity contribution in [1.29, 1.82) is 0 Å². The average Bonchev–Trinajstić information content (AvgIpc) is 3.02. The van der Waals surface area contributed by atoms with E-state index in [1.807, 2.05) is 0 Å². The number of anilines is 1. The molecule has 0 atom stereocenters. The van der Waals surface area contributed by atoms with Crippen LogP contribution in [0.3, 0.4) is 0 Å². The van der Waals surface area contributed by atoms with Crippen molar-refractivity contribution in [2.75, 3.05) is 18.0 Å². The van der Waals surface area contributed by atoms with Crippen LogP contribution in [0.25, 0.3) is 0 Å². The van der Waals surface area contributed by atoms with E-state index >= 15 is 0 Å². The second-order valence-electron chi connectivity index (χ2n) is 4.50. The van der Waals surface area contributed by atoms with Crippen molar-refractivity contribution in [2.45, 2.75) is 25.4 Å². The van der Waals surface area contributed by atoms with E-state index in [1.54, 1.807) is 11.0 Å². The highest BCUT2D eigenvalue weighted by atomic mass is 15.4. The van der Waals surface area contributed by atoms with Crippen molar-refractivity contribution in [3.8, 4) is 0 Å². The van der Waals surface area contributed by atoms with Gasteiger partial charge in [0.25, 0.3) is 0 Å². The third kappa shape index (κ3) is 2.33. The Bertz CT molecular complexity index is 482. The van der Waals surface area contributed by atoms with Crippen LogP contribution in [0, 0.1) is 0 Å². The molecular formula is C10H16N8. The summed E-state index contributed by atoms with van der Waals surface area (Å²) in [7, 11) is 0. The number of nitrogens with one attached hydrogen (secondary N) is 1. The molecule has 3 rings (SSSR count). The Labute approximate surface area is 104 Å². The molecule has 0 bridgehead atoms. The predicted octanol–water partition coefficient (Wildman–Crippen LogP) is -0.628. The number of nitrogens with two attached hydrogens (primary N) is 1. The maximum atomic E-state index is 5.88. The van der Waals surface area contributed by atoms with E-state index in [0.29, 0.717) is 12.6 Å². The van der Waals surface area contributed by atoms with Crippen molar-refractivity contribution < 1.29 is 0 Å².